The summed E-state index contributed by atoms with van der Waals surface area (Å²) in [6, 6.07) is 6.93. The normalized spacial score (nSPS) is 12.6. The van der Waals surface area contributed by atoms with Crippen LogP contribution in [0.15, 0.2) is 30.3 Å². The van der Waals surface area contributed by atoms with Crippen molar-refractivity contribution in [3.63, 3.8) is 0 Å². The van der Waals surface area contributed by atoms with Crippen LogP contribution in [0.5, 0.6) is 0 Å². The van der Waals surface area contributed by atoms with E-state index in [0.717, 1.165) is 11.8 Å². The van der Waals surface area contributed by atoms with E-state index in [-0.39, 0.29) is 0 Å². The maximum atomic E-state index is 11.6. The number of amides is 1. The molecular formula is C16H21NO4. The first-order valence-electron chi connectivity index (χ1n) is 6.82. The highest BCUT2D eigenvalue weighted by Gasteiger charge is 2.05. The van der Waals surface area contributed by atoms with Crippen molar-refractivity contribution in [2.24, 2.45) is 5.92 Å². The molecule has 1 rings (SSSR count). The number of carbonyl (C=O) groups is 2. The molecule has 0 aliphatic carbocycles. The first-order valence-corrected chi connectivity index (χ1v) is 6.82. The molecule has 0 bridgehead atoms. The second-order valence-corrected chi connectivity index (χ2v) is 5.00. The Bertz CT molecular complexity index is 497. The van der Waals surface area contributed by atoms with Crippen LogP contribution in [0.4, 0.5) is 0 Å². The van der Waals surface area contributed by atoms with E-state index in [1.54, 1.807) is 37.3 Å². The minimum atomic E-state index is -0.511. The predicted octanol–water partition coefficient (Wildman–Crippen LogP) is 2.58. The molecule has 0 saturated carbocycles. The van der Waals surface area contributed by atoms with E-state index in [2.05, 4.69) is 5.48 Å². The molecule has 1 unspecified atom stereocenters. The van der Waals surface area contributed by atoms with Crippen LogP contribution >= 0.6 is 0 Å². The van der Waals surface area contributed by atoms with Gasteiger partial charge in [0, 0.05) is 11.6 Å². The van der Waals surface area contributed by atoms with E-state index in [4.69, 9.17) is 9.57 Å². The van der Waals surface area contributed by atoms with Gasteiger partial charge >= 0.3 is 0 Å². The minimum absolute atomic E-state index is 0.397. The molecule has 0 aliphatic heterocycles. The maximum absolute atomic E-state index is 11.6. The molecule has 1 atom stereocenters. The van der Waals surface area contributed by atoms with Crippen LogP contribution in [0.3, 0.4) is 0 Å². The molecule has 21 heavy (non-hydrogen) atoms. The standard InChI is InChI=1S/C16H21NO4/c1-12(2)11-20-13(3)21-17-16(19)8-7-14-5-4-6-15(9-14)10-18/h4-10,12-13H,11H2,1-3H3,(H,17,19)/b8-7+. The van der Waals surface area contributed by atoms with Crippen LogP contribution in [0.2, 0.25) is 0 Å². The lowest BCUT2D eigenvalue weighted by atomic mass is 10.1. The largest absolute Gasteiger partial charge is 0.350 e. The smallest absolute Gasteiger partial charge is 0.267 e. The van der Waals surface area contributed by atoms with Gasteiger partial charge in [-0.25, -0.2) is 10.3 Å². The first kappa shape index (κ1) is 17.1. The highest BCUT2D eigenvalue weighted by molar-refractivity contribution is 5.91. The fraction of sp³-hybridized carbons (Fsp3) is 0.375. The highest BCUT2D eigenvalue weighted by atomic mass is 16.8. The van der Waals surface area contributed by atoms with Crippen molar-refractivity contribution in [2.75, 3.05) is 6.61 Å². The number of nitrogens with one attached hydrogen (secondary N) is 1. The van der Waals surface area contributed by atoms with Crippen molar-refractivity contribution in [3.05, 3.63) is 41.5 Å². The van der Waals surface area contributed by atoms with Gasteiger partial charge in [0.15, 0.2) is 6.29 Å². The van der Waals surface area contributed by atoms with Crippen molar-refractivity contribution in [1.82, 2.24) is 5.48 Å². The van der Waals surface area contributed by atoms with Crippen LogP contribution < -0.4 is 5.48 Å². The van der Waals surface area contributed by atoms with E-state index in [9.17, 15) is 9.59 Å². The van der Waals surface area contributed by atoms with Gasteiger partial charge in [-0.05, 0) is 30.5 Å². The Morgan fingerprint density at radius 3 is 2.67 bits per heavy atom. The van der Waals surface area contributed by atoms with Crippen molar-refractivity contribution < 1.29 is 19.2 Å². The molecule has 1 aromatic rings. The summed E-state index contributed by atoms with van der Waals surface area (Å²) in [5, 5.41) is 0. The molecule has 114 valence electrons. The lowest BCUT2D eigenvalue weighted by molar-refractivity contribution is -0.180. The average molecular weight is 291 g/mol. The number of rotatable bonds is 8. The summed E-state index contributed by atoms with van der Waals surface area (Å²) >= 11 is 0. The predicted molar refractivity (Wildman–Crippen MR) is 80.3 cm³/mol. The number of hydrogen-bond acceptors (Lipinski definition) is 4. The zero-order chi connectivity index (χ0) is 15.7. The van der Waals surface area contributed by atoms with Crippen LogP contribution in [0, 0.1) is 5.92 Å². The van der Waals surface area contributed by atoms with Crippen molar-refractivity contribution >= 4 is 18.3 Å². The Kier molecular flexibility index (Phi) is 7.36. The Labute approximate surface area is 124 Å². The average Bonchev–Trinajstić information content (AvgIpc) is 2.49. The molecule has 1 aromatic carbocycles. The molecule has 5 heteroatoms. The third-order valence-electron chi connectivity index (χ3n) is 2.46. The molecule has 1 N–H and O–H groups in total. The Balaban J connectivity index is 2.39. The zero-order valence-electron chi connectivity index (χ0n) is 12.5. The Morgan fingerprint density at radius 2 is 2.00 bits per heavy atom. The summed E-state index contributed by atoms with van der Waals surface area (Å²) in [6.45, 7) is 6.33. The number of benzene rings is 1. The molecular weight excluding hydrogens is 270 g/mol. The summed E-state index contributed by atoms with van der Waals surface area (Å²) in [5.41, 5.74) is 3.61. The van der Waals surface area contributed by atoms with Gasteiger partial charge in [-0.1, -0.05) is 32.0 Å². The molecule has 0 fully saturated rings. The molecule has 0 aliphatic rings. The van der Waals surface area contributed by atoms with E-state index in [1.165, 1.54) is 6.08 Å². The van der Waals surface area contributed by atoms with Gasteiger partial charge in [0.2, 0.25) is 0 Å². The first-order chi connectivity index (χ1) is 10.0. The van der Waals surface area contributed by atoms with E-state index in [1.807, 2.05) is 13.8 Å². The SMILES string of the molecule is CC(C)COC(C)ONC(=O)/C=C/c1cccc(C=O)c1. The number of aldehydes is 1. The third-order valence-corrected chi connectivity index (χ3v) is 2.46. The summed E-state index contributed by atoms with van der Waals surface area (Å²) in [7, 11) is 0. The number of ether oxygens (including phenoxy) is 1. The van der Waals surface area contributed by atoms with Crippen LogP contribution in [-0.4, -0.2) is 25.1 Å². The summed E-state index contributed by atoms with van der Waals surface area (Å²) < 4.78 is 5.35. The van der Waals surface area contributed by atoms with Crippen molar-refractivity contribution in [1.29, 1.82) is 0 Å². The molecule has 0 aromatic heterocycles. The van der Waals surface area contributed by atoms with Gasteiger partial charge in [0.25, 0.3) is 5.91 Å². The molecule has 1 amide bonds. The number of carbonyl (C=O) groups excluding carboxylic acids is 2. The van der Waals surface area contributed by atoms with Crippen LogP contribution in [0.25, 0.3) is 6.08 Å². The van der Waals surface area contributed by atoms with E-state index >= 15 is 0 Å². The molecule has 0 spiro atoms. The monoisotopic (exact) mass is 291 g/mol. The minimum Gasteiger partial charge on any atom is -0.350 e. The fourth-order valence-electron chi connectivity index (χ4n) is 1.44. The summed E-state index contributed by atoms with van der Waals surface area (Å²) in [4.78, 5) is 27.3. The van der Waals surface area contributed by atoms with Gasteiger partial charge in [-0.3, -0.25) is 9.59 Å². The van der Waals surface area contributed by atoms with Gasteiger partial charge in [-0.15, -0.1) is 0 Å². The second kappa shape index (κ2) is 9.05. The maximum Gasteiger partial charge on any atom is 0.267 e. The lowest BCUT2D eigenvalue weighted by Gasteiger charge is -2.14. The Hall–Kier alpha value is -1.98. The van der Waals surface area contributed by atoms with Gasteiger partial charge in [0.05, 0.1) is 6.61 Å². The molecule has 0 radical (unpaired) electrons. The summed E-state index contributed by atoms with van der Waals surface area (Å²) in [5.74, 6) is 0.00301. The van der Waals surface area contributed by atoms with Gasteiger partial charge < -0.3 is 4.74 Å². The lowest BCUT2D eigenvalue weighted by Crippen LogP contribution is -2.29. The molecule has 0 heterocycles. The van der Waals surface area contributed by atoms with Gasteiger partial charge in [0.1, 0.15) is 6.29 Å². The topological polar surface area (TPSA) is 64.6 Å². The summed E-state index contributed by atoms with van der Waals surface area (Å²) in [6.07, 6.45) is 3.18. The van der Waals surface area contributed by atoms with Crippen molar-refractivity contribution in [3.8, 4) is 0 Å². The zero-order valence-corrected chi connectivity index (χ0v) is 12.5. The quantitative estimate of drug-likeness (QED) is 0.346. The van der Waals surface area contributed by atoms with E-state index in [0.29, 0.717) is 18.1 Å². The van der Waals surface area contributed by atoms with Gasteiger partial charge in [-0.2, -0.15) is 0 Å². The third kappa shape index (κ3) is 7.39. The van der Waals surface area contributed by atoms with E-state index < -0.39 is 12.2 Å². The second-order valence-electron chi connectivity index (χ2n) is 5.00. The van der Waals surface area contributed by atoms with Crippen molar-refractivity contribution in [2.45, 2.75) is 27.1 Å². The van der Waals surface area contributed by atoms with Crippen LogP contribution in [0.1, 0.15) is 36.7 Å². The molecule has 5 nitrogen and oxygen atoms in total. The number of hydrogen-bond donors (Lipinski definition) is 1. The molecule has 0 saturated heterocycles. The van der Waals surface area contributed by atoms with Crippen LogP contribution in [-0.2, 0) is 14.4 Å². The fourth-order valence-corrected chi connectivity index (χ4v) is 1.44. The number of hydroxylamine groups is 1. The Morgan fingerprint density at radius 1 is 1.29 bits per heavy atom. The highest BCUT2D eigenvalue weighted by Crippen LogP contribution is 2.05.